The van der Waals surface area contributed by atoms with Gasteiger partial charge in [0.05, 0.1) is 6.61 Å². The van der Waals surface area contributed by atoms with Crippen molar-refractivity contribution in [3.8, 4) is 5.75 Å². The van der Waals surface area contributed by atoms with Gasteiger partial charge in [-0.05, 0) is 50.1 Å². The summed E-state index contributed by atoms with van der Waals surface area (Å²) in [5.74, 6) is 1.47. The number of hydrogen-bond acceptors (Lipinski definition) is 2. The molecule has 0 amide bonds. The molecule has 2 aromatic carbocycles. The topological polar surface area (TPSA) is 21.3 Å². The summed E-state index contributed by atoms with van der Waals surface area (Å²) in [5.41, 5.74) is 5.55. The lowest BCUT2D eigenvalue weighted by Crippen LogP contribution is -2.35. The highest BCUT2D eigenvalue weighted by atomic mass is 16.5. The van der Waals surface area contributed by atoms with E-state index in [1.807, 2.05) is 6.07 Å². The predicted octanol–water partition coefficient (Wildman–Crippen LogP) is 3.61. The van der Waals surface area contributed by atoms with Gasteiger partial charge < -0.3 is 10.1 Å². The number of benzene rings is 2. The van der Waals surface area contributed by atoms with Crippen molar-refractivity contribution in [3.05, 3.63) is 64.7 Å². The zero-order chi connectivity index (χ0) is 14.8. The molecule has 0 fully saturated rings. The highest BCUT2D eigenvalue weighted by molar-refractivity contribution is 5.42. The Morgan fingerprint density at radius 3 is 2.52 bits per heavy atom. The van der Waals surface area contributed by atoms with E-state index in [1.165, 1.54) is 22.3 Å². The van der Waals surface area contributed by atoms with Gasteiger partial charge in [-0.25, -0.2) is 0 Å². The Kier molecular flexibility index (Phi) is 3.98. The summed E-state index contributed by atoms with van der Waals surface area (Å²) in [6.07, 6.45) is 1.04. The quantitative estimate of drug-likeness (QED) is 0.924. The second-order valence-electron chi connectivity index (χ2n) is 5.92. The van der Waals surface area contributed by atoms with Crippen molar-refractivity contribution in [1.29, 1.82) is 0 Å². The van der Waals surface area contributed by atoms with E-state index >= 15 is 0 Å². The summed E-state index contributed by atoms with van der Waals surface area (Å²) < 4.78 is 5.85. The zero-order valence-corrected chi connectivity index (χ0v) is 13.0. The van der Waals surface area contributed by atoms with Gasteiger partial charge in [0.1, 0.15) is 5.75 Å². The molecule has 0 bridgehead atoms. The van der Waals surface area contributed by atoms with Crippen LogP contribution in [0.15, 0.2) is 42.5 Å². The Morgan fingerprint density at radius 1 is 1.10 bits per heavy atom. The maximum absolute atomic E-state index is 5.85. The standard InChI is InChI=1S/C19H23NO/c1-13-7-6-8-14(2)16(13)11-18(20-3)17-12-21-19-10-5-4-9-15(17)19/h4-10,17-18,20H,11-12H2,1-3H3. The lowest BCUT2D eigenvalue weighted by Gasteiger charge is -2.24. The largest absolute Gasteiger partial charge is 0.493 e. The van der Waals surface area contributed by atoms with Crippen molar-refractivity contribution < 1.29 is 4.74 Å². The molecule has 21 heavy (non-hydrogen) atoms. The average Bonchev–Trinajstić information content (AvgIpc) is 2.91. The molecule has 1 heterocycles. The van der Waals surface area contributed by atoms with Crippen LogP contribution in [0.2, 0.25) is 0 Å². The van der Waals surface area contributed by atoms with Crippen LogP contribution in [0, 0.1) is 13.8 Å². The fourth-order valence-electron chi connectivity index (χ4n) is 3.36. The highest BCUT2D eigenvalue weighted by Gasteiger charge is 2.30. The molecule has 1 aliphatic rings. The molecule has 0 aromatic heterocycles. The maximum Gasteiger partial charge on any atom is 0.122 e. The second-order valence-corrected chi connectivity index (χ2v) is 5.92. The number of aryl methyl sites for hydroxylation is 2. The van der Waals surface area contributed by atoms with Gasteiger partial charge in [0.25, 0.3) is 0 Å². The Morgan fingerprint density at radius 2 is 1.81 bits per heavy atom. The minimum absolute atomic E-state index is 0.397. The van der Waals surface area contributed by atoms with Crippen LogP contribution in [-0.2, 0) is 6.42 Å². The van der Waals surface area contributed by atoms with Gasteiger partial charge in [0.2, 0.25) is 0 Å². The minimum atomic E-state index is 0.397. The van der Waals surface area contributed by atoms with Crippen LogP contribution >= 0.6 is 0 Å². The lowest BCUT2D eigenvalue weighted by atomic mass is 9.86. The fourth-order valence-corrected chi connectivity index (χ4v) is 3.36. The Labute approximate surface area is 127 Å². The van der Waals surface area contributed by atoms with Crippen molar-refractivity contribution in [3.63, 3.8) is 0 Å². The third-order valence-electron chi connectivity index (χ3n) is 4.66. The van der Waals surface area contributed by atoms with Gasteiger partial charge in [-0.15, -0.1) is 0 Å². The summed E-state index contributed by atoms with van der Waals surface area (Å²) >= 11 is 0. The molecule has 1 aliphatic heterocycles. The van der Waals surface area contributed by atoms with Gasteiger partial charge in [0.15, 0.2) is 0 Å². The van der Waals surface area contributed by atoms with Crippen molar-refractivity contribution in [2.45, 2.75) is 32.2 Å². The van der Waals surface area contributed by atoms with Crippen molar-refractivity contribution in [2.24, 2.45) is 0 Å². The van der Waals surface area contributed by atoms with Crippen LogP contribution in [0.4, 0.5) is 0 Å². The molecule has 0 aliphatic carbocycles. The summed E-state index contributed by atoms with van der Waals surface area (Å²) in [7, 11) is 2.05. The smallest absolute Gasteiger partial charge is 0.122 e. The van der Waals surface area contributed by atoms with Crippen molar-refractivity contribution >= 4 is 0 Å². The van der Waals surface area contributed by atoms with E-state index in [9.17, 15) is 0 Å². The van der Waals surface area contributed by atoms with E-state index in [0.717, 1.165) is 18.8 Å². The van der Waals surface area contributed by atoms with Crippen LogP contribution in [0.25, 0.3) is 0 Å². The number of ether oxygens (including phenoxy) is 1. The number of para-hydroxylation sites is 1. The summed E-state index contributed by atoms with van der Waals surface area (Å²) in [4.78, 5) is 0. The molecule has 110 valence electrons. The predicted molar refractivity (Wildman–Crippen MR) is 87.1 cm³/mol. The lowest BCUT2D eigenvalue weighted by molar-refractivity contribution is 0.301. The summed E-state index contributed by atoms with van der Waals surface area (Å²) in [5, 5.41) is 3.51. The normalized spacial score (nSPS) is 18.1. The number of fused-ring (bicyclic) bond motifs is 1. The van der Waals surface area contributed by atoms with E-state index in [1.54, 1.807) is 0 Å². The van der Waals surface area contributed by atoms with E-state index in [2.05, 4.69) is 62.6 Å². The first-order chi connectivity index (χ1) is 10.2. The summed E-state index contributed by atoms with van der Waals surface area (Å²) in [6, 6.07) is 15.4. The van der Waals surface area contributed by atoms with E-state index in [4.69, 9.17) is 4.74 Å². The Hall–Kier alpha value is -1.80. The first-order valence-electron chi connectivity index (χ1n) is 7.64. The van der Waals surface area contributed by atoms with Crippen molar-refractivity contribution in [1.82, 2.24) is 5.32 Å². The molecular weight excluding hydrogens is 258 g/mol. The molecule has 2 heteroatoms. The molecule has 3 rings (SSSR count). The van der Waals surface area contributed by atoms with E-state index < -0.39 is 0 Å². The molecule has 2 atom stereocenters. The first-order valence-corrected chi connectivity index (χ1v) is 7.64. The van der Waals surface area contributed by atoms with Gasteiger partial charge in [-0.3, -0.25) is 0 Å². The van der Waals surface area contributed by atoms with Gasteiger partial charge in [-0.1, -0.05) is 36.4 Å². The van der Waals surface area contributed by atoms with E-state index in [0.29, 0.717) is 12.0 Å². The van der Waals surface area contributed by atoms with E-state index in [-0.39, 0.29) is 0 Å². The van der Waals surface area contributed by atoms with Gasteiger partial charge in [0, 0.05) is 17.5 Å². The minimum Gasteiger partial charge on any atom is -0.493 e. The molecule has 2 aromatic rings. The molecule has 0 radical (unpaired) electrons. The van der Waals surface area contributed by atoms with Crippen LogP contribution in [0.5, 0.6) is 5.75 Å². The fraction of sp³-hybridized carbons (Fsp3) is 0.368. The molecule has 0 spiro atoms. The highest BCUT2D eigenvalue weighted by Crippen LogP contribution is 2.36. The monoisotopic (exact) mass is 281 g/mol. The Bertz CT molecular complexity index is 615. The Balaban J connectivity index is 1.87. The van der Waals surface area contributed by atoms with Gasteiger partial charge in [-0.2, -0.15) is 0 Å². The molecule has 2 unspecified atom stereocenters. The molecular formula is C19H23NO. The third-order valence-corrected chi connectivity index (χ3v) is 4.66. The van der Waals surface area contributed by atoms with Crippen molar-refractivity contribution in [2.75, 3.05) is 13.7 Å². The van der Waals surface area contributed by atoms with Gasteiger partial charge >= 0.3 is 0 Å². The number of likely N-dealkylation sites (N-methyl/N-ethyl adjacent to an activating group) is 1. The maximum atomic E-state index is 5.85. The van der Waals surface area contributed by atoms with Crippen LogP contribution in [0.1, 0.15) is 28.2 Å². The summed E-state index contributed by atoms with van der Waals surface area (Å²) in [6.45, 7) is 5.18. The number of hydrogen-bond donors (Lipinski definition) is 1. The van der Waals surface area contributed by atoms with Crippen LogP contribution < -0.4 is 10.1 Å². The molecule has 2 nitrogen and oxygen atoms in total. The number of rotatable bonds is 4. The van der Waals surface area contributed by atoms with Crippen LogP contribution in [0.3, 0.4) is 0 Å². The zero-order valence-electron chi connectivity index (χ0n) is 13.0. The first kappa shape index (κ1) is 14.2. The van der Waals surface area contributed by atoms with Crippen LogP contribution in [-0.4, -0.2) is 19.7 Å². The molecule has 1 N–H and O–H groups in total. The molecule has 0 saturated heterocycles. The third kappa shape index (κ3) is 2.68. The average molecular weight is 281 g/mol. The molecule has 0 saturated carbocycles. The SMILES string of the molecule is CNC(Cc1c(C)cccc1C)C1COc2ccccc21. The second kappa shape index (κ2) is 5.90. The number of nitrogens with one attached hydrogen (secondary N) is 1.